The Kier molecular flexibility index (Phi) is 6.61. The van der Waals surface area contributed by atoms with E-state index in [1.54, 1.807) is 6.07 Å². The molecule has 1 heterocycles. The molecule has 1 saturated heterocycles. The number of nitrogens with zero attached hydrogens (tertiary/aromatic N) is 1. The molecule has 1 N–H and O–H groups in total. The topological polar surface area (TPSA) is 24.5 Å². The van der Waals surface area contributed by atoms with Gasteiger partial charge in [-0.3, -0.25) is 4.90 Å². The summed E-state index contributed by atoms with van der Waals surface area (Å²) in [4.78, 5) is 2.41. The molecule has 1 aromatic rings. The maximum absolute atomic E-state index is 14.2. The van der Waals surface area contributed by atoms with E-state index in [0.29, 0.717) is 5.56 Å². The highest BCUT2D eigenvalue weighted by molar-refractivity contribution is 5.22. The van der Waals surface area contributed by atoms with E-state index in [0.717, 1.165) is 45.6 Å². The largest absolute Gasteiger partial charge is 0.374 e. The van der Waals surface area contributed by atoms with E-state index in [-0.39, 0.29) is 18.0 Å². The van der Waals surface area contributed by atoms with Crippen LogP contribution < -0.4 is 5.32 Å². The van der Waals surface area contributed by atoms with E-state index in [9.17, 15) is 4.39 Å². The summed E-state index contributed by atoms with van der Waals surface area (Å²) in [6.07, 6.45) is 2.17. The Bertz CT molecular complexity index is 425. The van der Waals surface area contributed by atoms with Gasteiger partial charge >= 0.3 is 0 Å². The van der Waals surface area contributed by atoms with E-state index < -0.39 is 0 Å². The number of ether oxygens (including phenoxy) is 1. The minimum atomic E-state index is -0.151. The zero-order valence-corrected chi connectivity index (χ0v) is 13.1. The van der Waals surface area contributed by atoms with Crippen molar-refractivity contribution in [1.82, 2.24) is 10.2 Å². The van der Waals surface area contributed by atoms with Crippen molar-refractivity contribution in [3.8, 4) is 0 Å². The molecule has 0 bridgehead atoms. The first kappa shape index (κ1) is 16.4. The lowest BCUT2D eigenvalue weighted by atomic mass is 9.99. The lowest BCUT2D eigenvalue weighted by molar-refractivity contribution is -0.0475. The lowest BCUT2D eigenvalue weighted by Gasteiger charge is -2.37. The molecular weight excluding hydrogens is 267 g/mol. The van der Waals surface area contributed by atoms with Crippen molar-refractivity contribution >= 4 is 0 Å². The summed E-state index contributed by atoms with van der Waals surface area (Å²) in [5, 5.41) is 3.47. The highest BCUT2D eigenvalue weighted by Gasteiger charge is 2.30. The standard InChI is InChI=1S/C17H27FN2O/c1-3-9-19-17(14-7-5-6-8-15(14)18)16-13-20(10-4-2)11-12-21-16/h5-8,16-17,19H,3-4,9-13H2,1-2H3. The van der Waals surface area contributed by atoms with Gasteiger partial charge in [0.05, 0.1) is 18.8 Å². The Labute approximate surface area is 127 Å². The third-order valence-electron chi connectivity index (χ3n) is 3.94. The fraction of sp³-hybridized carbons (Fsp3) is 0.647. The maximum atomic E-state index is 14.2. The molecule has 1 aliphatic rings. The van der Waals surface area contributed by atoms with Gasteiger partial charge in [0.15, 0.2) is 0 Å². The summed E-state index contributed by atoms with van der Waals surface area (Å²) < 4.78 is 20.1. The van der Waals surface area contributed by atoms with Gasteiger partial charge in [-0.1, -0.05) is 32.0 Å². The van der Waals surface area contributed by atoms with E-state index in [4.69, 9.17) is 4.74 Å². The van der Waals surface area contributed by atoms with Crippen LogP contribution in [0.2, 0.25) is 0 Å². The van der Waals surface area contributed by atoms with Crippen LogP contribution in [0.4, 0.5) is 4.39 Å². The molecular formula is C17H27FN2O. The summed E-state index contributed by atoms with van der Waals surface area (Å²) >= 11 is 0. The predicted octanol–water partition coefficient (Wildman–Crippen LogP) is 2.98. The first-order valence-corrected chi connectivity index (χ1v) is 8.08. The van der Waals surface area contributed by atoms with Crippen LogP contribution in [0.25, 0.3) is 0 Å². The third kappa shape index (κ3) is 4.50. The van der Waals surface area contributed by atoms with Crippen LogP contribution >= 0.6 is 0 Å². The molecule has 2 rings (SSSR count). The quantitative estimate of drug-likeness (QED) is 0.837. The van der Waals surface area contributed by atoms with Gasteiger partial charge in [0, 0.05) is 18.7 Å². The molecule has 0 radical (unpaired) electrons. The molecule has 0 aliphatic carbocycles. The van der Waals surface area contributed by atoms with Crippen molar-refractivity contribution in [1.29, 1.82) is 0 Å². The third-order valence-corrected chi connectivity index (χ3v) is 3.94. The molecule has 0 saturated carbocycles. The first-order chi connectivity index (χ1) is 10.3. The minimum Gasteiger partial charge on any atom is -0.374 e. The summed E-state index contributed by atoms with van der Waals surface area (Å²) in [6, 6.07) is 6.95. The Morgan fingerprint density at radius 3 is 2.86 bits per heavy atom. The van der Waals surface area contributed by atoms with Crippen molar-refractivity contribution in [2.75, 3.05) is 32.8 Å². The average Bonchev–Trinajstić information content (AvgIpc) is 2.50. The van der Waals surface area contributed by atoms with Crippen LogP contribution in [-0.2, 0) is 4.74 Å². The number of halogens is 1. The monoisotopic (exact) mass is 294 g/mol. The second-order valence-electron chi connectivity index (χ2n) is 5.66. The smallest absolute Gasteiger partial charge is 0.128 e. The van der Waals surface area contributed by atoms with Crippen LogP contribution in [0.15, 0.2) is 24.3 Å². The lowest BCUT2D eigenvalue weighted by Crippen LogP contribution is -2.48. The second kappa shape index (κ2) is 8.47. The highest BCUT2D eigenvalue weighted by atomic mass is 19.1. The molecule has 21 heavy (non-hydrogen) atoms. The molecule has 3 nitrogen and oxygen atoms in total. The number of morpholine rings is 1. The van der Waals surface area contributed by atoms with Gasteiger partial charge in [0.1, 0.15) is 5.82 Å². The summed E-state index contributed by atoms with van der Waals surface area (Å²) in [6.45, 7) is 8.82. The zero-order chi connectivity index (χ0) is 15.1. The van der Waals surface area contributed by atoms with Crippen molar-refractivity contribution in [3.63, 3.8) is 0 Å². The van der Waals surface area contributed by atoms with Crippen LogP contribution in [-0.4, -0.2) is 43.8 Å². The van der Waals surface area contributed by atoms with Gasteiger partial charge in [0.2, 0.25) is 0 Å². The Morgan fingerprint density at radius 2 is 2.14 bits per heavy atom. The highest BCUT2D eigenvalue weighted by Crippen LogP contribution is 2.25. The van der Waals surface area contributed by atoms with E-state index in [1.807, 2.05) is 12.1 Å². The fourth-order valence-corrected chi connectivity index (χ4v) is 2.92. The van der Waals surface area contributed by atoms with Crippen molar-refractivity contribution in [3.05, 3.63) is 35.6 Å². The molecule has 0 spiro atoms. The van der Waals surface area contributed by atoms with Crippen LogP contribution in [0.3, 0.4) is 0 Å². The normalized spacial score (nSPS) is 21.4. The molecule has 1 aliphatic heterocycles. The van der Waals surface area contributed by atoms with E-state index >= 15 is 0 Å². The van der Waals surface area contributed by atoms with Gasteiger partial charge in [-0.2, -0.15) is 0 Å². The van der Waals surface area contributed by atoms with Crippen LogP contribution in [0.1, 0.15) is 38.3 Å². The number of rotatable bonds is 7. The summed E-state index contributed by atoms with van der Waals surface area (Å²) in [7, 11) is 0. The average molecular weight is 294 g/mol. The predicted molar refractivity (Wildman–Crippen MR) is 83.9 cm³/mol. The fourth-order valence-electron chi connectivity index (χ4n) is 2.92. The van der Waals surface area contributed by atoms with E-state index in [2.05, 4.69) is 24.1 Å². The Morgan fingerprint density at radius 1 is 1.33 bits per heavy atom. The second-order valence-corrected chi connectivity index (χ2v) is 5.66. The van der Waals surface area contributed by atoms with E-state index in [1.165, 1.54) is 6.07 Å². The zero-order valence-electron chi connectivity index (χ0n) is 13.1. The number of hydrogen-bond donors (Lipinski definition) is 1. The number of hydrogen-bond acceptors (Lipinski definition) is 3. The molecule has 2 atom stereocenters. The summed E-state index contributed by atoms with van der Waals surface area (Å²) in [5.74, 6) is -0.151. The molecule has 1 fully saturated rings. The molecule has 0 amide bonds. The first-order valence-electron chi connectivity index (χ1n) is 8.08. The van der Waals surface area contributed by atoms with Crippen LogP contribution in [0.5, 0.6) is 0 Å². The van der Waals surface area contributed by atoms with Gasteiger partial charge in [-0.15, -0.1) is 0 Å². The Balaban J connectivity index is 2.13. The SMILES string of the molecule is CCCNC(c1ccccc1F)C1CN(CCC)CCO1. The molecule has 1 aromatic carbocycles. The van der Waals surface area contributed by atoms with Gasteiger partial charge in [0.25, 0.3) is 0 Å². The molecule has 2 unspecified atom stereocenters. The Hall–Kier alpha value is -0.970. The number of benzene rings is 1. The maximum Gasteiger partial charge on any atom is 0.128 e. The van der Waals surface area contributed by atoms with Gasteiger partial charge in [-0.25, -0.2) is 4.39 Å². The van der Waals surface area contributed by atoms with Crippen molar-refractivity contribution in [2.24, 2.45) is 0 Å². The van der Waals surface area contributed by atoms with Crippen LogP contribution in [0, 0.1) is 5.82 Å². The minimum absolute atomic E-state index is 0.00810. The molecule has 0 aromatic heterocycles. The van der Waals surface area contributed by atoms with Gasteiger partial charge in [-0.05, 0) is 32.0 Å². The summed E-state index contributed by atoms with van der Waals surface area (Å²) in [5.41, 5.74) is 0.717. The molecule has 118 valence electrons. The van der Waals surface area contributed by atoms with Crippen molar-refractivity contribution < 1.29 is 9.13 Å². The van der Waals surface area contributed by atoms with Gasteiger partial charge < -0.3 is 10.1 Å². The number of nitrogens with one attached hydrogen (secondary N) is 1. The molecule has 4 heteroatoms. The van der Waals surface area contributed by atoms with Crippen molar-refractivity contribution in [2.45, 2.75) is 38.8 Å².